The van der Waals surface area contributed by atoms with E-state index in [-0.39, 0.29) is 0 Å². The van der Waals surface area contributed by atoms with Gasteiger partial charge >= 0.3 is 0 Å². The second kappa shape index (κ2) is 6.39. The van der Waals surface area contributed by atoms with E-state index in [0.29, 0.717) is 30.0 Å². The van der Waals surface area contributed by atoms with Gasteiger partial charge in [-0.25, -0.2) is 9.67 Å². The van der Waals surface area contributed by atoms with E-state index in [1.54, 1.807) is 0 Å². The van der Waals surface area contributed by atoms with E-state index in [1.165, 1.54) is 0 Å². The summed E-state index contributed by atoms with van der Waals surface area (Å²) >= 11 is 0. The third-order valence-electron chi connectivity index (χ3n) is 4.77. The van der Waals surface area contributed by atoms with Crippen LogP contribution in [0, 0.1) is 0 Å². The van der Waals surface area contributed by atoms with Gasteiger partial charge in [0.1, 0.15) is 5.82 Å². The Morgan fingerprint density at radius 3 is 2.37 bits per heavy atom. The van der Waals surface area contributed by atoms with Crippen molar-refractivity contribution in [3.8, 4) is 11.3 Å². The third-order valence-corrected chi connectivity index (χ3v) is 4.77. The Morgan fingerprint density at radius 1 is 0.963 bits per heavy atom. The lowest BCUT2D eigenvalue weighted by Gasteiger charge is -2.08. The molecule has 0 atom stereocenters. The molecule has 0 bridgehead atoms. The van der Waals surface area contributed by atoms with Crippen molar-refractivity contribution in [3.05, 3.63) is 66.2 Å². The fourth-order valence-electron chi connectivity index (χ4n) is 3.21. The number of aromatic nitrogens is 4. The van der Waals surface area contributed by atoms with E-state index >= 15 is 0 Å². The number of nitrogens with two attached hydrogens (primary N) is 1. The first-order valence-electron chi connectivity index (χ1n) is 9.18. The number of nitrogens with one attached hydrogen (secondary N) is 1. The van der Waals surface area contributed by atoms with E-state index in [1.807, 2.05) is 53.2 Å². The van der Waals surface area contributed by atoms with Gasteiger partial charge in [0.2, 0.25) is 5.95 Å². The van der Waals surface area contributed by atoms with Crippen molar-refractivity contribution in [2.24, 2.45) is 0 Å². The monoisotopic (exact) mass is 356 g/mol. The van der Waals surface area contributed by atoms with Gasteiger partial charge in [-0.15, -0.1) is 5.10 Å². The molecule has 0 aliphatic heterocycles. The summed E-state index contributed by atoms with van der Waals surface area (Å²) in [6, 6.07) is 20.7. The van der Waals surface area contributed by atoms with E-state index in [0.717, 1.165) is 35.0 Å². The molecule has 0 radical (unpaired) electrons. The number of rotatable bonds is 5. The summed E-state index contributed by atoms with van der Waals surface area (Å²) in [6.45, 7) is 0.600. The molecule has 27 heavy (non-hydrogen) atoms. The van der Waals surface area contributed by atoms with Crippen LogP contribution in [0.4, 0.5) is 11.8 Å². The maximum atomic E-state index is 6.49. The summed E-state index contributed by atoms with van der Waals surface area (Å²) in [4.78, 5) is 9.41. The fraction of sp³-hybridized carbons (Fsp3) is 0.190. The molecule has 1 aliphatic carbocycles. The van der Waals surface area contributed by atoms with Crippen molar-refractivity contribution >= 4 is 22.8 Å². The first-order valence-corrected chi connectivity index (χ1v) is 9.18. The van der Waals surface area contributed by atoms with Crippen LogP contribution in [-0.2, 0) is 6.54 Å². The number of anilines is 2. The predicted molar refractivity (Wildman–Crippen MR) is 107 cm³/mol. The summed E-state index contributed by atoms with van der Waals surface area (Å²) in [5, 5.41) is 8.87. The van der Waals surface area contributed by atoms with Crippen LogP contribution in [0.1, 0.15) is 18.4 Å². The van der Waals surface area contributed by atoms with Crippen molar-refractivity contribution in [2.75, 3.05) is 11.1 Å². The topological polar surface area (TPSA) is 81.7 Å². The largest absolute Gasteiger partial charge is 0.383 e. The molecule has 2 heterocycles. The number of nitrogen functional groups attached to an aromatic ring is 1. The summed E-state index contributed by atoms with van der Waals surface area (Å²) < 4.78 is 1.81. The number of nitrogens with zero attached hydrogens (tertiary/aromatic N) is 4. The zero-order valence-corrected chi connectivity index (χ0v) is 14.8. The van der Waals surface area contributed by atoms with Crippen LogP contribution in [0.2, 0.25) is 0 Å². The highest BCUT2D eigenvalue weighted by atomic mass is 15.3. The minimum atomic E-state index is 0.467. The van der Waals surface area contributed by atoms with Gasteiger partial charge in [-0.3, -0.25) is 0 Å². The van der Waals surface area contributed by atoms with Crippen LogP contribution in [-0.4, -0.2) is 25.8 Å². The number of hydrogen-bond donors (Lipinski definition) is 2. The maximum Gasteiger partial charge on any atom is 0.225 e. The average Bonchev–Trinajstić information content (AvgIpc) is 3.46. The minimum Gasteiger partial charge on any atom is -0.383 e. The minimum absolute atomic E-state index is 0.467. The zero-order chi connectivity index (χ0) is 18.2. The van der Waals surface area contributed by atoms with E-state index in [4.69, 9.17) is 10.7 Å². The molecule has 0 saturated heterocycles. The van der Waals surface area contributed by atoms with Crippen molar-refractivity contribution in [2.45, 2.75) is 25.4 Å². The van der Waals surface area contributed by atoms with Crippen molar-refractivity contribution in [1.82, 2.24) is 19.7 Å². The van der Waals surface area contributed by atoms with Gasteiger partial charge in [0.25, 0.3) is 0 Å². The first kappa shape index (κ1) is 15.8. The van der Waals surface area contributed by atoms with Crippen LogP contribution >= 0.6 is 0 Å². The Morgan fingerprint density at radius 2 is 1.67 bits per heavy atom. The molecule has 134 valence electrons. The molecule has 5 rings (SSSR count). The van der Waals surface area contributed by atoms with Gasteiger partial charge < -0.3 is 11.1 Å². The molecule has 0 spiro atoms. The Balaban J connectivity index is 1.65. The lowest BCUT2D eigenvalue weighted by Crippen LogP contribution is -2.06. The standard InChI is InChI=1S/C21H20N6/c22-19-17-18(15-9-5-2-6-10-15)24-21(23-16-11-12-16)25-20(17)26-27(19)13-14-7-3-1-4-8-14/h1-10,16H,11-13,22H2,(H,23,25,26). The van der Waals surface area contributed by atoms with E-state index in [2.05, 4.69) is 27.5 Å². The second-order valence-electron chi connectivity index (χ2n) is 6.91. The van der Waals surface area contributed by atoms with Crippen molar-refractivity contribution in [3.63, 3.8) is 0 Å². The SMILES string of the molecule is Nc1c2c(-c3ccccc3)nc(NC3CC3)nc2nn1Cc1ccccc1. The quantitative estimate of drug-likeness (QED) is 0.570. The molecule has 1 fully saturated rings. The van der Waals surface area contributed by atoms with Crippen LogP contribution < -0.4 is 11.1 Å². The molecule has 6 nitrogen and oxygen atoms in total. The summed E-state index contributed by atoms with van der Waals surface area (Å²) in [6.07, 6.45) is 2.32. The van der Waals surface area contributed by atoms with Gasteiger partial charge in [-0.05, 0) is 18.4 Å². The summed E-state index contributed by atoms with van der Waals surface area (Å²) in [5.41, 5.74) is 10.1. The first-order chi connectivity index (χ1) is 13.3. The normalized spacial score (nSPS) is 13.8. The van der Waals surface area contributed by atoms with Crippen molar-refractivity contribution in [1.29, 1.82) is 0 Å². The van der Waals surface area contributed by atoms with E-state index < -0.39 is 0 Å². The Bertz CT molecular complexity index is 1080. The van der Waals surface area contributed by atoms with Crippen LogP contribution in [0.3, 0.4) is 0 Å². The summed E-state index contributed by atoms with van der Waals surface area (Å²) in [5.74, 6) is 1.21. The Kier molecular flexibility index (Phi) is 3.74. The lowest BCUT2D eigenvalue weighted by molar-refractivity contribution is 0.703. The highest BCUT2D eigenvalue weighted by Gasteiger charge is 2.24. The number of benzene rings is 2. The van der Waals surface area contributed by atoms with Gasteiger partial charge in [0, 0.05) is 11.6 Å². The second-order valence-corrected chi connectivity index (χ2v) is 6.91. The lowest BCUT2D eigenvalue weighted by atomic mass is 10.1. The molecule has 4 aromatic rings. The molecular weight excluding hydrogens is 336 g/mol. The summed E-state index contributed by atoms with van der Waals surface area (Å²) in [7, 11) is 0. The predicted octanol–water partition coefficient (Wildman–Crippen LogP) is 3.70. The number of fused-ring (bicyclic) bond motifs is 1. The van der Waals surface area contributed by atoms with E-state index in [9.17, 15) is 0 Å². The average molecular weight is 356 g/mol. The third kappa shape index (κ3) is 3.10. The van der Waals surface area contributed by atoms with Crippen LogP contribution in [0.5, 0.6) is 0 Å². The molecule has 3 N–H and O–H groups in total. The molecule has 1 aliphatic rings. The van der Waals surface area contributed by atoms with Crippen molar-refractivity contribution < 1.29 is 0 Å². The van der Waals surface area contributed by atoms with Gasteiger partial charge in [0.05, 0.1) is 17.6 Å². The molecule has 1 saturated carbocycles. The molecule has 0 amide bonds. The Labute approximate surface area is 157 Å². The van der Waals surface area contributed by atoms with Crippen LogP contribution in [0.15, 0.2) is 60.7 Å². The highest BCUT2D eigenvalue weighted by molar-refractivity contribution is 5.98. The Hall–Kier alpha value is -3.41. The van der Waals surface area contributed by atoms with Crippen LogP contribution in [0.25, 0.3) is 22.3 Å². The molecule has 2 aromatic heterocycles. The highest BCUT2D eigenvalue weighted by Crippen LogP contribution is 2.32. The van der Waals surface area contributed by atoms with Gasteiger partial charge in [-0.1, -0.05) is 60.7 Å². The smallest absolute Gasteiger partial charge is 0.225 e. The molecular formula is C21H20N6. The zero-order valence-electron chi connectivity index (χ0n) is 14.8. The maximum absolute atomic E-state index is 6.49. The van der Waals surface area contributed by atoms with Gasteiger partial charge in [-0.2, -0.15) is 4.98 Å². The molecule has 2 aromatic carbocycles. The molecule has 0 unspecified atom stereocenters. The molecule has 6 heteroatoms. The van der Waals surface area contributed by atoms with Gasteiger partial charge in [0.15, 0.2) is 5.65 Å². The fourth-order valence-corrected chi connectivity index (χ4v) is 3.21. The number of hydrogen-bond acceptors (Lipinski definition) is 5.